The fourth-order valence-corrected chi connectivity index (χ4v) is 1.60. The first kappa shape index (κ1) is 14.1. The number of anilines is 1. The van der Waals surface area contributed by atoms with E-state index in [2.05, 4.69) is 0 Å². The molecule has 0 heterocycles. The van der Waals surface area contributed by atoms with Crippen molar-refractivity contribution < 1.29 is 18.3 Å². The summed E-state index contributed by atoms with van der Waals surface area (Å²) in [5.41, 5.74) is 5.01. The van der Waals surface area contributed by atoms with Crippen molar-refractivity contribution in [1.29, 1.82) is 0 Å². The number of rotatable bonds is 6. The molecule has 2 aromatic carbocycles. The molecule has 0 radical (unpaired) electrons. The Labute approximate surface area is 115 Å². The van der Waals surface area contributed by atoms with Gasteiger partial charge in [0, 0.05) is 18.6 Å². The molecule has 0 aliphatic heterocycles. The maximum atomic E-state index is 13.4. The van der Waals surface area contributed by atoms with Gasteiger partial charge >= 0.3 is 0 Å². The van der Waals surface area contributed by atoms with Gasteiger partial charge < -0.3 is 15.2 Å². The fourth-order valence-electron chi connectivity index (χ4n) is 1.60. The summed E-state index contributed by atoms with van der Waals surface area (Å²) in [5.74, 6) is -0.747. The Hall–Kier alpha value is -2.30. The van der Waals surface area contributed by atoms with Gasteiger partial charge in [-0.2, -0.15) is 0 Å². The summed E-state index contributed by atoms with van der Waals surface area (Å²) in [4.78, 5) is 0. The molecule has 0 amide bonds. The van der Waals surface area contributed by atoms with Gasteiger partial charge in [-0.25, -0.2) is 8.78 Å². The van der Waals surface area contributed by atoms with Gasteiger partial charge in [0.25, 0.3) is 0 Å². The van der Waals surface area contributed by atoms with E-state index in [0.717, 1.165) is 17.9 Å². The summed E-state index contributed by atoms with van der Waals surface area (Å²) in [5, 5.41) is 0. The van der Waals surface area contributed by atoms with Crippen LogP contribution >= 0.6 is 0 Å². The lowest BCUT2D eigenvalue weighted by atomic mass is 10.3. The van der Waals surface area contributed by atoms with E-state index in [4.69, 9.17) is 15.2 Å². The van der Waals surface area contributed by atoms with Crippen LogP contribution < -0.4 is 15.2 Å². The van der Waals surface area contributed by atoms with Gasteiger partial charge in [0.2, 0.25) is 0 Å². The number of para-hydroxylation sites is 1. The standard InChI is InChI=1S/C15H15F2NO2/c16-12-10-15(13(17)9-14(12)18)20-8-4-7-19-11-5-2-1-3-6-11/h1-3,5-6,9-10H,4,7-8,18H2. The molecule has 0 aliphatic rings. The van der Waals surface area contributed by atoms with Crippen LogP contribution in [-0.4, -0.2) is 13.2 Å². The van der Waals surface area contributed by atoms with Gasteiger partial charge in [-0.05, 0) is 12.1 Å². The summed E-state index contributed by atoms with van der Waals surface area (Å²) < 4.78 is 37.2. The molecule has 0 bridgehead atoms. The molecule has 106 valence electrons. The minimum Gasteiger partial charge on any atom is -0.493 e. The summed E-state index contributed by atoms with van der Waals surface area (Å²) in [6, 6.07) is 11.2. The summed E-state index contributed by atoms with van der Waals surface area (Å²) >= 11 is 0. The maximum absolute atomic E-state index is 13.4. The van der Waals surface area contributed by atoms with E-state index in [1.165, 1.54) is 0 Å². The number of ether oxygens (including phenoxy) is 2. The Balaban J connectivity index is 1.75. The van der Waals surface area contributed by atoms with Crippen molar-refractivity contribution in [2.24, 2.45) is 0 Å². The van der Waals surface area contributed by atoms with Gasteiger partial charge in [-0.15, -0.1) is 0 Å². The molecule has 0 spiro atoms. The summed E-state index contributed by atoms with van der Waals surface area (Å²) in [6.45, 7) is 0.663. The number of halogens is 2. The van der Waals surface area contributed by atoms with Gasteiger partial charge in [-0.3, -0.25) is 0 Å². The maximum Gasteiger partial charge on any atom is 0.167 e. The first-order chi connectivity index (χ1) is 9.66. The van der Waals surface area contributed by atoms with E-state index in [1.54, 1.807) is 0 Å². The van der Waals surface area contributed by atoms with Crippen LogP contribution in [-0.2, 0) is 0 Å². The highest BCUT2D eigenvalue weighted by Crippen LogP contribution is 2.23. The van der Waals surface area contributed by atoms with Crippen molar-refractivity contribution in [3.63, 3.8) is 0 Å². The highest BCUT2D eigenvalue weighted by molar-refractivity contribution is 5.44. The molecule has 0 unspecified atom stereocenters. The van der Waals surface area contributed by atoms with E-state index in [9.17, 15) is 8.78 Å². The number of nitrogen functional groups attached to an aromatic ring is 1. The monoisotopic (exact) mass is 279 g/mol. The molecule has 3 nitrogen and oxygen atoms in total. The third-order valence-electron chi connectivity index (χ3n) is 2.61. The van der Waals surface area contributed by atoms with Crippen molar-refractivity contribution in [2.45, 2.75) is 6.42 Å². The first-order valence-corrected chi connectivity index (χ1v) is 6.22. The zero-order valence-corrected chi connectivity index (χ0v) is 10.8. The molecule has 2 aromatic rings. The van der Waals surface area contributed by atoms with Crippen molar-refractivity contribution in [1.82, 2.24) is 0 Å². The fraction of sp³-hybridized carbons (Fsp3) is 0.200. The molecule has 0 fully saturated rings. The Morgan fingerprint density at radius 3 is 2.35 bits per heavy atom. The van der Waals surface area contributed by atoms with E-state index in [-0.39, 0.29) is 18.0 Å². The zero-order chi connectivity index (χ0) is 14.4. The van der Waals surface area contributed by atoms with Crippen molar-refractivity contribution in [3.05, 3.63) is 54.1 Å². The molecule has 2 rings (SSSR count). The molecular formula is C15H15F2NO2. The van der Waals surface area contributed by atoms with E-state index in [0.29, 0.717) is 13.0 Å². The van der Waals surface area contributed by atoms with Crippen LogP contribution in [0.4, 0.5) is 14.5 Å². The summed E-state index contributed by atoms with van der Waals surface area (Å²) in [7, 11) is 0. The number of hydrogen-bond acceptors (Lipinski definition) is 3. The van der Waals surface area contributed by atoms with Gasteiger partial charge in [0.15, 0.2) is 11.6 Å². The Bertz CT molecular complexity index is 561. The van der Waals surface area contributed by atoms with Gasteiger partial charge in [0.05, 0.1) is 18.9 Å². The Morgan fingerprint density at radius 1 is 0.900 bits per heavy atom. The predicted molar refractivity (Wildman–Crippen MR) is 72.8 cm³/mol. The lowest BCUT2D eigenvalue weighted by Gasteiger charge is -2.09. The average Bonchev–Trinajstić information content (AvgIpc) is 2.45. The molecule has 5 heteroatoms. The average molecular weight is 279 g/mol. The Morgan fingerprint density at radius 2 is 1.60 bits per heavy atom. The SMILES string of the molecule is Nc1cc(F)c(OCCCOc2ccccc2)cc1F. The normalized spacial score (nSPS) is 10.3. The minimum atomic E-state index is -0.693. The van der Waals surface area contributed by atoms with Crippen LogP contribution in [0.2, 0.25) is 0 Å². The quantitative estimate of drug-likeness (QED) is 0.651. The Kier molecular flexibility index (Phi) is 4.76. The van der Waals surface area contributed by atoms with Crippen LogP contribution in [0.3, 0.4) is 0 Å². The van der Waals surface area contributed by atoms with E-state index >= 15 is 0 Å². The van der Waals surface area contributed by atoms with Gasteiger partial charge in [0.1, 0.15) is 11.6 Å². The number of hydrogen-bond donors (Lipinski definition) is 1. The second-order valence-corrected chi connectivity index (χ2v) is 4.17. The molecule has 0 saturated carbocycles. The highest BCUT2D eigenvalue weighted by Gasteiger charge is 2.08. The summed E-state index contributed by atoms with van der Waals surface area (Å²) in [6.07, 6.45) is 0.556. The van der Waals surface area contributed by atoms with Crippen molar-refractivity contribution >= 4 is 5.69 Å². The van der Waals surface area contributed by atoms with Crippen LogP contribution in [0.25, 0.3) is 0 Å². The molecule has 0 saturated heterocycles. The van der Waals surface area contributed by atoms with E-state index in [1.807, 2.05) is 30.3 Å². The lowest BCUT2D eigenvalue weighted by molar-refractivity contribution is 0.240. The zero-order valence-electron chi connectivity index (χ0n) is 10.8. The van der Waals surface area contributed by atoms with Crippen LogP contribution in [0, 0.1) is 11.6 Å². The molecule has 2 N–H and O–H groups in total. The smallest absolute Gasteiger partial charge is 0.167 e. The molecule has 0 atom stereocenters. The predicted octanol–water partition coefficient (Wildman–Crippen LogP) is 3.39. The topological polar surface area (TPSA) is 44.5 Å². The largest absolute Gasteiger partial charge is 0.493 e. The minimum absolute atomic E-state index is 0.142. The molecule has 20 heavy (non-hydrogen) atoms. The first-order valence-electron chi connectivity index (χ1n) is 6.22. The van der Waals surface area contributed by atoms with Crippen LogP contribution in [0.1, 0.15) is 6.42 Å². The van der Waals surface area contributed by atoms with Crippen LogP contribution in [0.5, 0.6) is 11.5 Å². The second-order valence-electron chi connectivity index (χ2n) is 4.17. The van der Waals surface area contributed by atoms with Crippen molar-refractivity contribution in [3.8, 4) is 11.5 Å². The van der Waals surface area contributed by atoms with E-state index < -0.39 is 11.6 Å². The molecule has 0 aromatic heterocycles. The van der Waals surface area contributed by atoms with Crippen molar-refractivity contribution in [2.75, 3.05) is 18.9 Å². The van der Waals surface area contributed by atoms with Crippen LogP contribution in [0.15, 0.2) is 42.5 Å². The number of benzene rings is 2. The second kappa shape index (κ2) is 6.75. The highest BCUT2D eigenvalue weighted by atomic mass is 19.1. The van der Waals surface area contributed by atoms with Gasteiger partial charge in [-0.1, -0.05) is 18.2 Å². The molecule has 0 aliphatic carbocycles. The lowest BCUT2D eigenvalue weighted by Crippen LogP contribution is -2.06. The third-order valence-corrected chi connectivity index (χ3v) is 2.61. The third kappa shape index (κ3) is 3.85. The molecular weight excluding hydrogens is 264 g/mol. The number of nitrogens with two attached hydrogens (primary N) is 1.